The second kappa shape index (κ2) is 3.65. The van der Waals surface area contributed by atoms with Crippen LogP contribution in [0.15, 0.2) is 23.1 Å². The lowest BCUT2D eigenvalue weighted by molar-refractivity contribution is 0.482. The second-order valence-electron chi connectivity index (χ2n) is 2.71. The van der Waals surface area contributed by atoms with Crippen LogP contribution in [0.3, 0.4) is 0 Å². The molecule has 0 radical (unpaired) electrons. The maximum Gasteiger partial charge on any atom is 0.294 e. The predicted octanol–water partition coefficient (Wildman–Crippen LogP) is 1.98. The van der Waals surface area contributed by atoms with Gasteiger partial charge < -0.3 is 0 Å². The van der Waals surface area contributed by atoms with Crippen molar-refractivity contribution in [2.24, 2.45) is 0 Å². The Morgan fingerprint density at radius 2 is 2.08 bits per heavy atom. The van der Waals surface area contributed by atoms with Crippen LogP contribution in [-0.4, -0.2) is 13.0 Å². The first kappa shape index (κ1) is 10.5. The predicted molar refractivity (Wildman–Crippen MR) is 50.6 cm³/mol. The zero-order valence-corrected chi connectivity index (χ0v) is 8.56. The van der Waals surface area contributed by atoms with Gasteiger partial charge in [-0.1, -0.05) is 12.1 Å². The highest BCUT2D eigenvalue weighted by molar-refractivity contribution is 7.85. The average Bonchev–Trinajstić information content (AvgIpc) is 2.01. The van der Waals surface area contributed by atoms with Crippen molar-refractivity contribution in [3.05, 3.63) is 29.3 Å². The van der Waals surface area contributed by atoms with Crippen LogP contribution in [0, 0.1) is 6.92 Å². The minimum Gasteiger partial charge on any atom is -0.282 e. The van der Waals surface area contributed by atoms with Crippen molar-refractivity contribution in [2.45, 2.75) is 17.7 Å². The molecule has 0 aromatic heterocycles. The van der Waals surface area contributed by atoms with Crippen LogP contribution in [0.2, 0.25) is 0 Å². The van der Waals surface area contributed by atoms with E-state index in [0.29, 0.717) is 11.4 Å². The summed E-state index contributed by atoms with van der Waals surface area (Å²) in [6, 6.07) is 4.56. The summed E-state index contributed by atoms with van der Waals surface area (Å²) in [5.41, 5.74) is 1.33. The van der Waals surface area contributed by atoms with Crippen LogP contribution in [0.25, 0.3) is 0 Å². The third-order valence-electron chi connectivity index (χ3n) is 1.67. The maximum atomic E-state index is 10.8. The Kier molecular flexibility index (Phi) is 2.95. The molecule has 1 aromatic rings. The van der Waals surface area contributed by atoms with Crippen molar-refractivity contribution in [1.82, 2.24) is 0 Å². The molecule has 0 spiro atoms. The summed E-state index contributed by atoms with van der Waals surface area (Å²) in [5.74, 6) is 0.326. The largest absolute Gasteiger partial charge is 0.294 e. The van der Waals surface area contributed by atoms with Gasteiger partial charge in [0.05, 0.1) is 4.90 Å². The van der Waals surface area contributed by atoms with Gasteiger partial charge in [-0.2, -0.15) is 8.42 Å². The standard InChI is InChI=1S/C8H9ClO3S/c1-6-4-7(5-9)2-3-8(6)13(10,11)12/h2-4H,5H2,1H3,(H,10,11,12). The van der Waals surface area contributed by atoms with Crippen molar-refractivity contribution in [1.29, 1.82) is 0 Å². The fraction of sp³-hybridized carbons (Fsp3) is 0.250. The van der Waals surface area contributed by atoms with Gasteiger partial charge in [0.2, 0.25) is 0 Å². The molecular weight excluding hydrogens is 212 g/mol. The zero-order chi connectivity index (χ0) is 10.1. The molecule has 72 valence electrons. The number of rotatable bonds is 2. The normalized spacial score (nSPS) is 11.6. The van der Waals surface area contributed by atoms with Crippen LogP contribution in [-0.2, 0) is 16.0 Å². The Hall–Kier alpha value is -0.580. The Balaban J connectivity index is 3.29. The number of benzene rings is 1. The van der Waals surface area contributed by atoms with Gasteiger partial charge in [-0.15, -0.1) is 11.6 Å². The Morgan fingerprint density at radius 3 is 2.46 bits per heavy atom. The molecule has 1 N–H and O–H groups in total. The first-order chi connectivity index (χ1) is 5.95. The van der Waals surface area contributed by atoms with E-state index in [1.54, 1.807) is 19.1 Å². The van der Waals surface area contributed by atoms with Gasteiger partial charge in [-0.25, -0.2) is 0 Å². The lowest BCUT2D eigenvalue weighted by Gasteiger charge is -2.03. The van der Waals surface area contributed by atoms with Gasteiger partial charge in [-0.05, 0) is 24.1 Å². The van der Waals surface area contributed by atoms with E-state index in [-0.39, 0.29) is 4.90 Å². The Bertz CT molecular complexity index is 411. The highest BCUT2D eigenvalue weighted by Crippen LogP contribution is 2.17. The minimum absolute atomic E-state index is 0.0682. The molecule has 0 bridgehead atoms. The Morgan fingerprint density at radius 1 is 1.46 bits per heavy atom. The van der Waals surface area contributed by atoms with Crippen molar-refractivity contribution < 1.29 is 13.0 Å². The second-order valence-corrected chi connectivity index (χ2v) is 4.37. The first-order valence-electron chi connectivity index (χ1n) is 3.58. The van der Waals surface area contributed by atoms with E-state index in [2.05, 4.69) is 0 Å². The minimum atomic E-state index is -4.10. The molecule has 0 heterocycles. The lowest BCUT2D eigenvalue weighted by Crippen LogP contribution is -2.01. The van der Waals surface area contributed by atoms with Crippen LogP contribution < -0.4 is 0 Å². The molecule has 0 aliphatic heterocycles. The molecule has 1 aromatic carbocycles. The maximum absolute atomic E-state index is 10.8. The number of alkyl halides is 1. The third-order valence-corrected chi connectivity index (χ3v) is 2.99. The summed E-state index contributed by atoms with van der Waals surface area (Å²) in [5, 5.41) is 0. The van der Waals surface area contributed by atoms with Crippen LogP contribution in [0.4, 0.5) is 0 Å². The summed E-state index contributed by atoms with van der Waals surface area (Å²) in [4.78, 5) is -0.0682. The van der Waals surface area contributed by atoms with Gasteiger partial charge in [0.1, 0.15) is 0 Å². The Labute approximate surface area is 82.1 Å². The highest BCUT2D eigenvalue weighted by Gasteiger charge is 2.12. The molecule has 5 heteroatoms. The van der Waals surface area contributed by atoms with E-state index in [1.165, 1.54) is 6.07 Å². The van der Waals surface area contributed by atoms with Crippen molar-refractivity contribution >= 4 is 21.7 Å². The van der Waals surface area contributed by atoms with Crippen LogP contribution in [0.5, 0.6) is 0 Å². The molecule has 0 saturated heterocycles. The topological polar surface area (TPSA) is 54.4 Å². The van der Waals surface area contributed by atoms with Gasteiger partial charge in [0.15, 0.2) is 0 Å². The number of hydrogen-bond acceptors (Lipinski definition) is 2. The van der Waals surface area contributed by atoms with E-state index in [1.807, 2.05) is 0 Å². The van der Waals surface area contributed by atoms with Crippen molar-refractivity contribution in [2.75, 3.05) is 0 Å². The molecule has 0 aliphatic rings. The monoisotopic (exact) mass is 220 g/mol. The fourth-order valence-corrected chi connectivity index (χ4v) is 1.96. The molecule has 0 saturated carbocycles. The molecule has 0 fully saturated rings. The molecular formula is C8H9ClO3S. The molecule has 0 amide bonds. The number of hydrogen-bond donors (Lipinski definition) is 1. The third kappa shape index (κ3) is 2.43. The van der Waals surface area contributed by atoms with Gasteiger partial charge in [-0.3, -0.25) is 4.55 Å². The van der Waals surface area contributed by atoms with Crippen molar-refractivity contribution in [3.63, 3.8) is 0 Å². The van der Waals surface area contributed by atoms with Crippen molar-refractivity contribution in [3.8, 4) is 0 Å². The zero-order valence-electron chi connectivity index (χ0n) is 6.99. The summed E-state index contributed by atoms with van der Waals surface area (Å²) in [7, 11) is -4.10. The SMILES string of the molecule is Cc1cc(CCl)ccc1S(=O)(=O)O. The van der Waals surface area contributed by atoms with Crippen LogP contribution >= 0.6 is 11.6 Å². The fourth-order valence-electron chi connectivity index (χ4n) is 1.08. The number of aryl methyl sites for hydroxylation is 1. The van der Waals surface area contributed by atoms with Gasteiger partial charge in [0.25, 0.3) is 10.1 Å². The van der Waals surface area contributed by atoms with E-state index in [4.69, 9.17) is 16.2 Å². The van der Waals surface area contributed by atoms with E-state index in [9.17, 15) is 8.42 Å². The molecule has 13 heavy (non-hydrogen) atoms. The summed E-state index contributed by atoms with van der Waals surface area (Å²) >= 11 is 5.55. The van der Waals surface area contributed by atoms with Crippen LogP contribution in [0.1, 0.15) is 11.1 Å². The molecule has 0 atom stereocenters. The number of halogens is 1. The summed E-state index contributed by atoms with van der Waals surface area (Å²) in [6.45, 7) is 1.61. The van der Waals surface area contributed by atoms with E-state index in [0.717, 1.165) is 5.56 Å². The van der Waals surface area contributed by atoms with E-state index >= 15 is 0 Å². The van der Waals surface area contributed by atoms with Gasteiger partial charge in [0, 0.05) is 5.88 Å². The smallest absolute Gasteiger partial charge is 0.282 e. The molecule has 3 nitrogen and oxygen atoms in total. The summed E-state index contributed by atoms with van der Waals surface area (Å²) in [6.07, 6.45) is 0. The molecule has 1 rings (SSSR count). The first-order valence-corrected chi connectivity index (χ1v) is 5.55. The van der Waals surface area contributed by atoms with E-state index < -0.39 is 10.1 Å². The summed E-state index contributed by atoms with van der Waals surface area (Å²) < 4.78 is 30.3. The van der Waals surface area contributed by atoms with Gasteiger partial charge >= 0.3 is 0 Å². The average molecular weight is 221 g/mol. The highest BCUT2D eigenvalue weighted by atomic mass is 35.5. The lowest BCUT2D eigenvalue weighted by atomic mass is 10.2. The quantitative estimate of drug-likeness (QED) is 0.613. The molecule has 0 aliphatic carbocycles. The molecule has 0 unspecified atom stereocenters.